The van der Waals surface area contributed by atoms with E-state index < -0.39 is 0 Å². The molecule has 0 spiro atoms. The van der Waals surface area contributed by atoms with E-state index in [2.05, 4.69) is 41.5 Å². The first-order valence-corrected chi connectivity index (χ1v) is 5.90. The highest BCUT2D eigenvalue weighted by Crippen LogP contribution is 2.30. The Labute approximate surface area is 95.7 Å². The Balaban J connectivity index is 2.09. The van der Waals surface area contributed by atoms with Crippen LogP contribution in [0.5, 0.6) is 0 Å². The second-order valence-corrected chi connectivity index (χ2v) is 4.69. The van der Waals surface area contributed by atoms with Crippen LogP contribution in [0.15, 0.2) is 36.7 Å². The fourth-order valence-electron chi connectivity index (χ4n) is 2.64. The number of nitrogens with zero attached hydrogens (tertiary/aromatic N) is 1. The lowest BCUT2D eigenvalue weighted by Crippen LogP contribution is -2.16. The maximum atomic E-state index is 4.35. The number of hydrogen-bond acceptors (Lipinski definition) is 2. The monoisotopic (exact) mass is 212 g/mol. The van der Waals surface area contributed by atoms with Crippen molar-refractivity contribution in [1.29, 1.82) is 0 Å². The van der Waals surface area contributed by atoms with E-state index in [4.69, 9.17) is 0 Å². The molecule has 2 nitrogen and oxygen atoms in total. The molecule has 0 radical (unpaired) electrons. The van der Waals surface area contributed by atoms with E-state index in [9.17, 15) is 0 Å². The van der Waals surface area contributed by atoms with Gasteiger partial charge in [-0.05, 0) is 30.2 Å². The van der Waals surface area contributed by atoms with Gasteiger partial charge in [0.15, 0.2) is 0 Å². The molecule has 1 aromatic carbocycles. The summed E-state index contributed by atoms with van der Waals surface area (Å²) < 4.78 is 0. The number of fused-ring (bicyclic) bond motifs is 1. The molecule has 2 heterocycles. The minimum absolute atomic E-state index is 0.619. The van der Waals surface area contributed by atoms with E-state index in [1.807, 2.05) is 12.4 Å². The molecule has 2 aromatic rings. The molecule has 0 aliphatic carbocycles. The molecule has 1 N–H and O–H groups in total. The smallest absolute Gasteiger partial charge is 0.0346 e. The van der Waals surface area contributed by atoms with Crippen molar-refractivity contribution in [2.75, 3.05) is 6.54 Å². The molecule has 2 atom stereocenters. The Kier molecular flexibility index (Phi) is 2.37. The van der Waals surface area contributed by atoms with Crippen LogP contribution in [0.3, 0.4) is 0 Å². The molecule has 16 heavy (non-hydrogen) atoms. The molecule has 2 heteroatoms. The standard InChI is InChI=1S/C14H16N2/c1-10-6-12(8-16-10)14-9-15-7-11-4-2-3-5-13(11)14/h2-5,7,9-10,12,16H,6,8H2,1H3. The molecule has 2 unspecified atom stereocenters. The van der Waals surface area contributed by atoms with Gasteiger partial charge in [-0.1, -0.05) is 24.3 Å². The molecule has 0 bridgehead atoms. The first kappa shape index (κ1) is 9.79. The van der Waals surface area contributed by atoms with Gasteiger partial charge in [0.2, 0.25) is 0 Å². The number of pyridine rings is 1. The highest BCUT2D eigenvalue weighted by Gasteiger charge is 2.23. The molecule has 1 aliphatic heterocycles. The van der Waals surface area contributed by atoms with Gasteiger partial charge in [0.1, 0.15) is 0 Å². The molecule has 3 rings (SSSR count). The second-order valence-electron chi connectivity index (χ2n) is 4.69. The minimum atomic E-state index is 0.619. The van der Waals surface area contributed by atoms with Crippen molar-refractivity contribution in [2.24, 2.45) is 0 Å². The van der Waals surface area contributed by atoms with Crippen LogP contribution in [-0.4, -0.2) is 17.6 Å². The zero-order valence-electron chi connectivity index (χ0n) is 9.48. The van der Waals surface area contributed by atoms with Gasteiger partial charge in [0, 0.05) is 30.4 Å². The van der Waals surface area contributed by atoms with Crippen LogP contribution in [0.1, 0.15) is 24.8 Å². The van der Waals surface area contributed by atoms with E-state index >= 15 is 0 Å². The first-order chi connectivity index (χ1) is 7.84. The van der Waals surface area contributed by atoms with E-state index in [1.165, 1.54) is 22.8 Å². The van der Waals surface area contributed by atoms with Crippen LogP contribution in [0.25, 0.3) is 10.8 Å². The maximum absolute atomic E-state index is 4.35. The lowest BCUT2D eigenvalue weighted by Gasteiger charge is -2.11. The van der Waals surface area contributed by atoms with Gasteiger partial charge in [0.25, 0.3) is 0 Å². The first-order valence-electron chi connectivity index (χ1n) is 5.90. The predicted octanol–water partition coefficient (Wildman–Crippen LogP) is 2.70. The van der Waals surface area contributed by atoms with Crippen LogP contribution in [-0.2, 0) is 0 Å². The van der Waals surface area contributed by atoms with Crippen molar-refractivity contribution in [1.82, 2.24) is 10.3 Å². The van der Waals surface area contributed by atoms with Crippen molar-refractivity contribution in [3.8, 4) is 0 Å². The van der Waals surface area contributed by atoms with Crippen molar-refractivity contribution in [3.05, 3.63) is 42.2 Å². The van der Waals surface area contributed by atoms with E-state index in [1.54, 1.807) is 0 Å². The van der Waals surface area contributed by atoms with Crippen LogP contribution in [0, 0.1) is 0 Å². The van der Waals surface area contributed by atoms with Gasteiger partial charge in [-0.2, -0.15) is 0 Å². The molecule has 82 valence electrons. The predicted molar refractivity (Wildman–Crippen MR) is 66.6 cm³/mol. The number of aromatic nitrogens is 1. The summed E-state index contributed by atoms with van der Waals surface area (Å²) in [5.41, 5.74) is 1.40. The Morgan fingerprint density at radius 2 is 2.12 bits per heavy atom. The summed E-state index contributed by atoms with van der Waals surface area (Å²) in [5.74, 6) is 0.619. The largest absolute Gasteiger partial charge is 0.314 e. The third kappa shape index (κ3) is 1.59. The average Bonchev–Trinajstić information content (AvgIpc) is 2.75. The Morgan fingerprint density at radius 1 is 1.25 bits per heavy atom. The number of benzene rings is 1. The Bertz CT molecular complexity index is 502. The van der Waals surface area contributed by atoms with Crippen molar-refractivity contribution >= 4 is 10.8 Å². The average molecular weight is 212 g/mol. The zero-order valence-corrected chi connectivity index (χ0v) is 9.48. The third-order valence-corrected chi connectivity index (χ3v) is 3.49. The molecule has 1 aliphatic rings. The molecule has 0 saturated carbocycles. The number of rotatable bonds is 1. The summed E-state index contributed by atoms with van der Waals surface area (Å²) in [6.07, 6.45) is 5.20. The molecule has 1 saturated heterocycles. The van der Waals surface area contributed by atoms with E-state index in [0.717, 1.165) is 6.54 Å². The SMILES string of the molecule is CC1CC(c2cncc3ccccc23)CN1. The normalized spacial score (nSPS) is 25.1. The second kappa shape index (κ2) is 3.87. The maximum Gasteiger partial charge on any atom is 0.0346 e. The number of hydrogen-bond donors (Lipinski definition) is 1. The van der Waals surface area contributed by atoms with Crippen LogP contribution in [0.2, 0.25) is 0 Å². The molecular formula is C14H16N2. The van der Waals surface area contributed by atoms with Gasteiger partial charge >= 0.3 is 0 Å². The van der Waals surface area contributed by atoms with Gasteiger partial charge in [0.05, 0.1) is 0 Å². The summed E-state index contributed by atoms with van der Waals surface area (Å²) >= 11 is 0. The summed E-state index contributed by atoms with van der Waals surface area (Å²) in [6, 6.07) is 9.15. The van der Waals surface area contributed by atoms with Crippen LogP contribution in [0.4, 0.5) is 0 Å². The van der Waals surface area contributed by atoms with Crippen molar-refractivity contribution in [2.45, 2.75) is 25.3 Å². The van der Waals surface area contributed by atoms with Gasteiger partial charge < -0.3 is 5.32 Å². The highest BCUT2D eigenvalue weighted by molar-refractivity contribution is 5.85. The topological polar surface area (TPSA) is 24.9 Å². The summed E-state index contributed by atoms with van der Waals surface area (Å²) in [4.78, 5) is 4.35. The number of nitrogens with one attached hydrogen (secondary N) is 1. The molecule has 1 fully saturated rings. The van der Waals surface area contributed by atoms with E-state index in [-0.39, 0.29) is 0 Å². The van der Waals surface area contributed by atoms with Gasteiger partial charge in [-0.25, -0.2) is 0 Å². The summed E-state index contributed by atoms with van der Waals surface area (Å²) in [7, 11) is 0. The summed E-state index contributed by atoms with van der Waals surface area (Å²) in [6.45, 7) is 3.33. The van der Waals surface area contributed by atoms with Gasteiger partial charge in [-0.3, -0.25) is 4.98 Å². The van der Waals surface area contributed by atoms with E-state index in [0.29, 0.717) is 12.0 Å². The van der Waals surface area contributed by atoms with Crippen LogP contribution >= 0.6 is 0 Å². The molecule has 0 amide bonds. The summed E-state index contributed by atoms with van der Waals surface area (Å²) in [5, 5.41) is 6.11. The van der Waals surface area contributed by atoms with Crippen LogP contribution < -0.4 is 5.32 Å². The Morgan fingerprint density at radius 3 is 2.94 bits per heavy atom. The van der Waals surface area contributed by atoms with Gasteiger partial charge in [-0.15, -0.1) is 0 Å². The quantitative estimate of drug-likeness (QED) is 0.786. The zero-order chi connectivity index (χ0) is 11.0. The fourth-order valence-corrected chi connectivity index (χ4v) is 2.64. The lowest BCUT2D eigenvalue weighted by atomic mass is 9.94. The van der Waals surface area contributed by atoms with Crippen molar-refractivity contribution in [3.63, 3.8) is 0 Å². The highest BCUT2D eigenvalue weighted by atomic mass is 14.9. The van der Waals surface area contributed by atoms with Crippen molar-refractivity contribution < 1.29 is 0 Å². The third-order valence-electron chi connectivity index (χ3n) is 3.49. The Hall–Kier alpha value is -1.41. The lowest BCUT2D eigenvalue weighted by molar-refractivity contribution is 0.659. The minimum Gasteiger partial charge on any atom is -0.314 e. The molecular weight excluding hydrogens is 196 g/mol. The fraction of sp³-hybridized carbons (Fsp3) is 0.357. The molecule has 1 aromatic heterocycles.